The molecule has 6 heteroatoms. The van der Waals surface area contributed by atoms with Gasteiger partial charge in [-0.1, -0.05) is 42.5 Å². The van der Waals surface area contributed by atoms with Crippen LogP contribution in [0.5, 0.6) is 0 Å². The van der Waals surface area contributed by atoms with E-state index in [1.165, 1.54) is 0 Å². The second-order valence-corrected chi connectivity index (χ2v) is 5.15. The second kappa shape index (κ2) is 6.31. The van der Waals surface area contributed by atoms with E-state index in [1.54, 1.807) is 11.6 Å². The number of carbonyl (C=O) groups is 1. The molecular formula is C17H17N5O. The first-order valence-corrected chi connectivity index (χ1v) is 7.25. The number of anilines is 2. The molecule has 2 aromatic carbocycles. The lowest BCUT2D eigenvalue weighted by molar-refractivity contribution is 0.101. The van der Waals surface area contributed by atoms with Gasteiger partial charge < -0.3 is 11.1 Å². The Morgan fingerprint density at radius 2 is 1.83 bits per heavy atom. The SMILES string of the molecule is CC(=O)c1ccc(CNc2nc(N)n(-c3ccccc3)n2)cc1. The lowest BCUT2D eigenvalue weighted by Crippen LogP contribution is -2.03. The van der Waals surface area contributed by atoms with E-state index < -0.39 is 0 Å². The van der Waals surface area contributed by atoms with Gasteiger partial charge in [-0.15, -0.1) is 5.10 Å². The van der Waals surface area contributed by atoms with E-state index in [1.807, 2.05) is 54.6 Å². The fourth-order valence-corrected chi connectivity index (χ4v) is 2.20. The highest BCUT2D eigenvalue weighted by atomic mass is 16.1. The molecule has 0 spiro atoms. The Bertz CT molecular complexity index is 809. The molecule has 0 amide bonds. The summed E-state index contributed by atoms with van der Waals surface area (Å²) in [5.41, 5.74) is 8.50. The third-order valence-corrected chi connectivity index (χ3v) is 3.44. The minimum atomic E-state index is 0.0561. The zero-order valence-electron chi connectivity index (χ0n) is 12.7. The Hall–Kier alpha value is -3.15. The number of ketones is 1. The van der Waals surface area contributed by atoms with Gasteiger partial charge in [-0.25, -0.2) is 0 Å². The molecule has 1 aromatic heterocycles. The summed E-state index contributed by atoms with van der Waals surface area (Å²) >= 11 is 0. The van der Waals surface area contributed by atoms with Gasteiger partial charge in [-0.3, -0.25) is 4.79 Å². The van der Waals surface area contributed by atoms with Crippen LogP contribution in [0.4, 0.5) is 11.9 Å². The van der Waals surface area contributed by atoms with Crippen molar-refractivity contribution in [1.29, 1.82) is 0 Å². The summed E-state index contributed by atoms with van der Waals surface area (Å²) in [6.07, 6.45) is 0. The summed E-state index contributed by atoms with van der Waals surface area (Å²) in [7, 11) is 0. The molecule has 0 radical (unpaired) electrons. The summed E-state index contributed by atoms with van der Waals surface area (Å²) in [5, 5.41) is 7.49. The Kier molecular flexibility index (Phi) is 4.05. The first-order chi connectivity index (χ1) is 11.1. The number of benzene rings is 2. The lowest BCUT2D eigenvalue weighted by atomic mass is 10.1. The normalized spacial score (nSPS) is 10.5. The van der Waals surface area contributed by atoms with Gasteiger partial charge in [-0.2, -0.15) is 9.67 Å². The summed E-state index contributed by atoms with van der Waals surface area (Å²) < 4.78 is 1.58. The van der Waals surface area contributed by atoms with Gasteiger partial charge in [-0.05, 0) is 24.6 Å². The quantitative estimate of drug-likeness (QED) is 0.708. The minimum Gasteiger partial charge on any atom is -0.368 e. The van der Waals surface area contributed by atoms with Crippen LogP contribution < -0.4 is 11.1 Å². The van der Waals surface area contributed by atoms with Crippen molar-refractivity contribution in [2.75, 3.05) is 11.1 Å². The van der Waals surface area contributed by atoms with Crippen molar-refractivity contribution >= 4 is 17.7 Å². The number of hydrogen-bond acceptors (Lipinski definition) is 5. The number of nitrogens with zero attached hydrogens (tertiary/aromatic N) is 3. The van der Waals surface area contributed by atoms with Crippen molar-refractivity contribution in [3.05, 3.63) is 65.7 Å². The second-order valence-electron chi connectivity index (χ2n) is 5.15. The van der Waals surface area contributed by atoms with Crippen molar-refractivity contribution in [2.24, 2.45) is 0 Å². The van der Waals surface area contributed by atoms with Crippen LogP contribution in [-0.2, 0) is 6.54 Å². The lowest BCUT2D eigenvalue weighted by Gasteiger charge is -2.03. The third kappa shape index (κ3) is 3.37. The molecule has 0 atom stereocenters. The molecule has 0 aliphatic rings. The molecule has 23 heavy (non-hydrogen) atoms. The van der Waals surface area contributed by atoms with Crippen molar-refractivity contribution in [3.63, 3.8) is 0 Å². The van der Waals surface area contributed by atoms with Crippen molar-refractivity contribution < 1.29 is 4.79 Å². The molecule has 0 saturated carbocycles. The van der Waals surface area contributed by atoms with Crippen LogP contribution in [0.2, 0.25) is 0 Å². The molecule has 0 saturated heterocycles. The van der Waals surface area contributed by atoms with E-state index in [4.69, 9.17) is 5.73 Å². The molecular weight excluding hydrogens is 290 g/mol. The number of rotatable bonds is 5. The van der Waals surface area contributed by atoms with Crippen LogP contribution in [0.15, 0.2) is 54.6 Å². The Labute approximate surface area is 134 Å². The zero-order chi connectivity index (χ0) is 16.2. The van der Waals surface area contributed by atoms with Gasteiger partial charge in [0.2, 0.25) is 11.9 Å². The average molecular weight is 307 g/mol. The predicted molar refractivity (Wildman–Crippen MR) is 89.5 cm³/mol. The van der Waals surface area contributed by atoms with Crippen LogP contribution >= 0.6 is 0 Å². The summed E-state index contributed by atoms with van der Waals surface area (Å²) in [5.74, 6) is 0.841. The van der Waals surface area contributed by atoms with Crippen molar-refractivity contribution in [3.8, 4) is 5.69 Å². The van der Waals surface area contributed by atoms with Gasteiger partial charge >= 0.3 is 0 Å². The van der Waals surface area contributed by atoms with E-state index in [9.17, 15) is 4.79 Å². The molecule has 3 aromatic rings. The van der Waals surface area contributed by atoms with Crippen molar-refractivity contribution in [2.45, 2.75) is 13.5 Å². The van der Waals surface area contributed by atoms with Gasteiger partial charge in [0.05, 0.1) is 5.69 Å². The number of Topliss-reactive ketones (excluding diaryl/α,β-unsaturated/α-hetero) is 1. The molecule has 0 bridgehead atoms. The third-order valence-electron chi connectivity index (χ3n) is 3.44. The molecule has 0 aliphatic heterocycles. The van der Waals surface area contributed by atoms with Crippen LogP contribution in [0.3, 0.4) is 0 Å². The molecule has 3 rings (SSSR count). The van der Waals surface area contributed by atoms with Crippen LogP contribution in [-0.4, -0.2) is 20.5 Å². The molecule has 0 aliphatic carbocycles. The smallest absolute Gasteiger partial charge is 0.244 e. The summed E-state index contributed by atoms with van der Waals surface area (Å²) in [4.78, 5) is 15.5. The van der Waals surface area contributed by atoms with Gasteiger partial charge in [0, 0.05) is 12.1 Å². The van der Waals surface area contributed by atoms with Gasteiger partial charge in [0.15, 0.2) is 5.78 Å². The maximum Gasteiger partial charge on any atom is 0.244 e. The molecule has 1 heterocycles. The number of para-hydroxylation sites is 1. The number of carbonyl (C=O) groups excluding carboxylic acids is 1. The minimum absolute atomic E-state index is 0.0561. The Morgan fingerprint density at radius 1 is 1.13 bits per heavy atom. The average Bonchev–Trinajstić information content (AvgIpc) is 2.95. The first kappa shape index (κ1) is 14.8. The number of nitrogens with two attached hydrogens (primary N) is 1. The number of aromatic nitrogens is 3. The number of nitrogens with one attached hydrogen (secondary N) is 1. The van der Waals surface area contributed by atoms with Gasteiger partial charge in [0.1, 0.15) is 0 Å². The van der Waals surface area contributed by atoms with E-state index in [0.29, 0.717) is 24.0 Å². The predicted octanol–water partition coefficient (Wildman–Crippen LogP) is 2.66. The van der Waals surface area contributed by atoms with Gasteiger partial charge in [0.25, 0.3) is 0 Å². The van der Waals surface area contributed by atoms with Crippen LogP contribution in [0, 0.1) is 0 Å². The highest BCUT2D eigenvalue weighted by Crippen LogP contribution is 2.14. The molecule has 0 fully saturated rings. The standard InChI is InChI=1S/C17H17N5O/c1-12(23)14-9-7-13(8-10-14)11-19-17-20-16(18)22(21-17)15-5-3-2-4-6-15/h2-10H,11H2,1H3,(H3,18,19,20,21). The van der Waals surface area contributed by atoms with E-state index in [0.717, 1.165) is 11.3 Å². The van der Waals surface area contributed by atoms with E-state index >= 15 is 0 Å². The Balaban J connectivity index is 1.70. The van der Waals surface area contributed by atoms with E-state index in [2.05, 4.69) is 15.4 Å². The Morgan fingerprint density at radius 3 is 2.48 bits per heavy atom. The van der Waals surface area contributed by atoms with Crippen molar-refractivity contribution in [1.82, 2.24) is 14.8 Å². The highest BCUT2D eigenvalue weighted by Gasteiger charge is 2.08. The summed E-state index contributed by atoms with van der Waals surface area (Å²) in [6.45, 7) is 2.10. The fraction of sp³-hybridized carbons (Fsp3) is 0.118. The maximum absolute atomic E-state index is 11.3. The number of nitrogen functional groups attached to an aromatic ring is 1. The largest absolute Gasteiger partial charge is 0.368 e. The topological polar surface area (TPSA) is 85.8 Å². The molecule has 6 nitrogen and oxygen atoms in total. The number of hydrogen-bond donors (Lipinski definition) is 2. The molecule has 116 valence electrons. The van der Waals surface area contributed by atoms with Crippen LogP contribution in [0.1, 0.15) is 22.8 Å². The maximum atomic E-state index is 11.3. The van der Waals surface area contributed by atoms with Crippen LogP contribution in [0.25, 0.3) is 5.69 Å². The first-order valence-electron chi connectivity index (χ1n) is 7.25. The monoisotopic (exact) mass is 307 g/mol. The molecule has 0 unspecified atom stereocenters. The zero-order valence-corrected chi connectivity index (χ0v) is 12.7. The molecule has 3 N–H and O–H groups in total. The fourth-order valence-electron chi connectivity index (χ4n) is 2.20. The van der Waals surface area contributed by atoms with E-state index in [-0.39, 0.29) is 5.78 Å². The summed E-state index contributed by atoms with van der Waals surface area (Å²) in [6, 6.07) is 17.0. The highest BCUT2D eigenvalue weighted by molar-refractivity contribution is 5.94.